The van der Waals surface area contributed by atoms with E-state index in [0.717, 1.165) is 96.9 Å². The molecule has 0 unspecified atom stereocenters. The van der Waals surface area contributed by atoms with Crippen molar-refractivity contribution in [3.63, 3.8) is 0 Å². The third-order valence-electron chi connectivity index (χ3n) is 19.7. The largest absolute Gasteiger partial charge is 0.310 e. The van der Waals surface area contributed by atoms with Crippen LogP contribution in [0.1, 0.15) is 24.1 Å². The van der Waals surface area contributed by atoms with Crippen molar-refractivity contribution >= 4 is 98.5 Å². The Morgan fingerprint density at radius 2 is 0.656 bits per heavy atom. The first kappa shape index (κ1) is 54.8. The Bertz CT molecular complexity index is 6310. The van der Waals surface area contributed by atoms with Gasteiger partial charge < -0.3 is 18.3 Å². The molecule has 0 amide bonds. The molecule has 0 N–H and O–H groups in total. The van der Waals surface area contributed by atoms with Gasteiger partial charge in [0.1, 0.15) is 0 Å². The smallest absolute Gasteiger partial charge is 0.160 e. The van der Waals surface area contributed by atoms with Crippen molar-refractivity contribution in [2.24, 2.45) is 0 Å². The molecular weight excluding hydrogens is 1170 g/mol. The zero-order chi connectivity index (χ0) is 63.4. The van der Waals surface area contributed by atoms with E-state index >= 15 is 0 Å². The minimum Gasteiger partial charge on any atom is -0.310 e. The number of hydrogen-bond donors (Lipinski definition) is 0. The summed E-state index contributed by atoms with van der Waals surface area (Å²) in [5.74, 6) is 0.649. The van der Waals surface area contributed by atoms with Crippen LogP contribution in [0.3, 0.4) is 0 Å². The molecule has 0 atom stereocenters. The molecule has 5 aromatic heterocycles. The Hall–Kier alpha value is -12.9. The molecule has 96 heavy (non-hydrogen) atoms. The Labute approximate surface area is 553 Å². The van der Waals surface area contributed by atoms with Gasteiger partial charge in [-0.25, -0.2) is 9.97 Å². The average Bonchev–Trinajstić information content (AvgIpc) is 1.60. The van der Waals surface area contributed by atoms with Crippen molar-refractivity contribution < 1.29 is 0 Å². The SMILES string of the molecule is N#Cc1ccc(-c2ccc(-c3nc(C4=CC(n5c6ccccc6c6cc(-c7ccc8c(c7)c7ccccc7n8-c7ccccc7)ccc65)=CCC4)cc(-c4cccc(-n5c6ccccc6c6cc(-c7ccc8c(c7)c7ccccc7n8-c7ccccc7)ccc65)c4)n3)cc2)cc1. The van der Waals surface area contributed by atoms with Crippen LogP contribution in [0.4, 0.5) is 0 Å². The molecule has 13 aromatic carbocycles. The van der Waals surface area contributed by atoms with Crippen LogP contribution in [0.5, 0.6) is 0 Å². The summed E-state index contributed by atoms with van der Waals surface area (Å²) in [6, 6.07) is 114. The van der Waals surface area contributed by atoms with Gasteiger partial charge in [0.15, 0.2) is 5.82 Å². The van der Waals surface area contributed by atoms with E-state index in [4.69, 9.17) is 9.97 Å². The fraction of sp³-hybridized carbons (Fsp3) is 0.0225. The lowest BCUT2D eigenvalue weighted by molar-refractivity contribution is 1.02. The van der Waals surface area contributed by atoms with Crippen LogP contribution < -0.4 is 0 Å². The molecule has 448 valence electrons. The highest BCUT2D eigenvalue weighted by atomic mass is 15.0. The monoisotopic (exact) mass is 1220 g/mol. The van der Waals surface area contributed by atoms with Gasteiger partial charge in [-0.05, 0) is 185 Å². The van der Waals surface area contributed by atoms with Crippen LogP contribution in [0.2, 0.25) is 0 Å². The van der Waals surface area contributed by atoms with Crippen molar-refractivity contribution in [3.8, 4) is 79.2 Å². The van der Waals surface area contributed by atoms with Crippen LogP contribution in [0.15, 0.2) is 322 Å². The predicted molar refractivity (Wildman–Crippen MR) is 398 cm³/mol. The lowest BCUT2D eigenvalue weighted by atomic mass is 9.97. The highest BCUT2D eigenvalue weighted by Crippen LogP contribution is 2.43. The van der Waals surface area contributed by atoms with Crippen molar-refractivity contribution in [1.29, 1.82) is 5.26 Å². The first-order valence-electron chi connectivity index (χ1n) is 32.8. The van der Waals surface area contributed by atoms with E-state index in [1.807, 2.05) is 24.3 Å². The van der Waals surface area contributed by atoms with Crippen molar-refractivity contribution in [2.75, 3.05) is 0 Å². The van der Waals surface area contributed by atoms with Crippen LogP contribution in [0, 0.1) is 11.3 Å². The summed E-state index contributed by atoms with van der Waals surface area (Å²) in [6.07, 6.45) is 6.40. The summed E-state index contributed by atoms with van der Waals surface area (Å²) in [5.41, 5.74) is 26.0. The summed E-state index contributed by atoms with van der Waals surface area (Å²) in [5, 5.41) is 19.3. The average molecular weight is 1220 g/mol. The van der Waals surface area contributed by atoms with E-state index in [1.165, 1.54) is 87.4 Å². The van der Waals surface area contributed by atoms with Crippen LogP contribution in [-0.2, 0) is 0 Å². The van der Waals surface area contributed by atoms with Gasteiger partial charge in [-0.3, -0.25) is 0 Å². The highest BCUT2D eigenvalue weighted by Gasteiger charge is 2.22. The number of nitriles is 1. The number of nitrogens with zero attached hydrogens (tertiary/aromatic N) is 7. The molecule has 7 heteroatoms. The number of hydrogen-bond acceptors (Lipinski definition) is 3. The molecule has 0 saturated carbocycles. The van der Waals surface area contributed by atoms with Gasteiger partial charge in [0, 0.05) is 77.0 Å². The van der Waals surface area contributed by atoms with Crippen LogP contribution >= 0.6 is 0 Å². The van der Waals surface area contributed by atoms with Gasteiger partial charge in [0.05, 0.1) is 67.2 Å². The molecular formula is C89H57N7. The first-order valence-corrected chi connectivity index (χ1v) is 32.8. The van der Waals surface area contributed by atoms with Crippen molar-refractivity contribution in [1.82, 2.24) is 28.2 Å². The van der Waals surface area contributed by atoms with E-state index in [9.17, 15) is 5.26 Å². The first-order chi connectivity index (χ1) is 47.5. The summed E-state index contributed by atoms with van der Waals surface area (Å²) in [4.78, 5) is 11.0. The third-order valence-corrected chi connectivity index (χ3v) is 19.7. The zero-order valence-electron chi connectivity index (χ0n) is 52.1. The van der Waals surface area contributed by atoms with Crippen LogP contribution in [0.25, 0.3) is 172 Å². The van der Waals surface area contributed by atoms with Gasteiger partial charge in [-0.1, -0.05) is 188 Å². The third kappa shape index (κ3) is 8.95. The molecule has 0 bridgehead atoms. The van der Waals surface area contributed by atoms with Gasteiger partial charge in [-0.2, -0.15) is 5.26 Å². The standard InChI is InChI=1S/C89H57N7/c90-56-57-33-35-58(36-34-57)59-37-39-60(40-38-59)89-91-79(65-17-15-23-69(49-65)95-83-31-13-9-27-73(83)77-53-63(43-47-87(77)95)61-41-45-85-75(51-61)71-25-7-11-29-81(71)93(85)67-19-3-1-4-20-67)55-80(92-89)66-18-16-24-70(50-66)96-84-32-14-10-28-74(84)78-54-64(44-48-88(78)96)62-42-46-86-76(52-62)72-26-8-12-30-82(72)94(86)68-21-5-2-6-22-68/h1-15,17,19-55H,16,18H2. The Morgan fingerprint density at radius 1 is 0.281 bits per heavy atom. The number of benzene rings is 13. The van der Waals surface area contributed by atoms with E-state index in [0.29, 0.717) is 11.4 Å². The van der Waals surface area contributed by atoms with E-state index in [1.54, 1.807) is 0 Å². The molecule has 0 spiro atoms. The second-order valence-electron chi connectivity index (χ2n) is 25.1. The number of rotatable bonds is 10. The highest BCUT2D eigenvalue weighted by molar-refractivity contribution is 6.15. The van der Waals surface area contributed by atoms with Gasteiger partial charge in [-0.15, -0.1) is 0 Å². The predicted octanol–water partition coefficient (Wildman–Crippen LogP) is 22.8. The minimum absolute atomic E-state index is 0.634. The molecule has 0 aliphatic heterocycles. The molecule has 18 aromatic rings. The molecule has 0 fully saturated rings. The summed E-state index contributed by atoms with van der Waals surface area (Å²) in [7, 11) is 0. The normalized spacial score (nSPS) is 12.6. The Balaban J connectivity index is 0.710. The fourth-order valence-electron chi connectivity index (χ4n) is 15.2. The number of para-hydroxylation sites is 6. The molecule has 19 rings (SSSR count). The lowest BCUT2D eigenvalue weighted by Gasteiger charge is -2.18. The van der Waals surface area contributed by atoms with E-state index < -0.39 is 0 Å². The van der Waals surface area contributed by atoms with Crippen LogP contribution in [-0.4, -0.2) is 28.2 Å². The molecule has 5 heterocycles. The quantitative estimate of drug-likeness (QED) is 0.137. The molecule has 0 saturated heterocycles. The molecule has 1 aliphatic carbocycles. The van der Waals surface area contributed by atoms with Crippen molar-refractivity contribution in [2.45, 2.75) is 12.8 Å². The number of fused-ring (bicyclic) bond motifs is 12. The lowest BCUT2D eigenvalue weighted by Crippen LogP contribution is -2.03. The van der Waals surface area contributed by atoms with E-state index in [-0.39, 0.29) is 0 Å². The van der Waals surface area contributed by atoms with Gasteiger partial charge in [0.2, 0.25) is 0 Å². The van der Waals surface area contributed by atoms with Crippen molar-refractivity contribution in [3.05, 3.63) is 333 Å². The minimum atomic E-state index is 0.634. The topological polar surface area (TPSA) is 69.3 Å². The maximum atomic E-state index is 9.54. The Morgan fingerprint density at radius 3 is 1.14 bits per heavy atom. The maximum Gasteiger partial charge on any atom is 0.160 e. The zero-order valence-corrected chi connectivity index (χ0v) is 52.1. The summed E-state index contributed by atoms with van der Waals surface area (Å²) in [6.45, 7) is 0. The summed E-state index contributed by atoms with van der Waals surface area (Å²) >= 11 is 0. The Kier molecular flexibility index (Phi) is 12.7. The second-order valence-corrected chi connectivity index (χ2v) is 25.1. The van der Waals surface area contributed by atoms with Gasteiger partial charge >= 0.3 is 0 Å². The fourth-order valence-corrected chi connectivity index (χ4v) is 15.2. The molecule has 7 nitrogen and oxygen atoms in total. The molecule has 1 aliphatic rings. The molecule has 0 radical (unpaired) electrons. The van der Waals surface area contributed by atoms with E-state index in [2.05, 4.69) is 322 Å². The summed E-state index contributed by atoms with van der Waals surface area (Å²) < 4.78 is 9.59. The number of aromatic nitrogens is 6. The van der Waals surface area contributed by atoms with Gasteiger partial charge in [0.25, 0.3) is 0 Å². The maximum absolute atomic E-state index is 9.54. The second kappa shape index (κ2) is 22.2. The number of allylic oxidation sites excluding steroid dienone is 4.